The van der Waals surface area contributed by atoms with Gasteiger partial charge in [-0.2, -0.15) is 0 Å². The monoisotopic (exact) mass is 254 g/mol. The zero-order valence-corrected chi connectivity index (χ0v) is 10.7. The lowest BCUT2D eigenvalue weighted by Gasteiger charge is -2.24. The van der Waals surface area contributed by atoms with Crippen molar-refractivity contribution >= 4 is 17.3 Å². The molecule has 0 saturated heterocycles. The van der Waals surface area contributed by atoms with E-state index in [0.29, 0.717) is 11.6 Å². The first-order valence-corrected chi connectivity index (χ1v) is 6.89. The van der Waals surface area contributed by atoms with Crippen LogP contribution < -0.4 is 5.73 Å². The Morgan fingerprint density at radius 1 is 1.65 bits per heavy atom. The van der Waals surface area contributed by atoms with Gasteiger partial charge in [0.15, 0.2) is 0 Å². The maximum atomic E-state index is 10.8. The van der Waals surface area contributed by atoms with Crippen molar-refractivity contribution < 1.29 is 9.90 Å². The molecular formula is C12H18N2O2S. The number of aromatic nitrogens is 1. The molecule has 0 spiro atoms. The minimum Gasteiger partial charge on any atom is -0.480 e. The van der Waals surface area contributed by atoms with Crippen LogP contribution in [-0.2, 0) is 4.79 Å². The molecular weight excluding hydrogens is 236 g/mol. The van der Waals surface area contributed by atoms with Crippen LogP contribution >= 0.6 is 11.3 Å². The average molecular weight is 254 g/mol. The van der Waals surface area contributed by atoms with Crippen LogP contribution in [0.5, 0.6) is 0 Å². The number of hydrogen-bond acceptors (Lipinski definition) is 4. The predicted octanol–water partition coefficient (Wildman–Crippen LogP) is 2.52. The van der Waals surface area contributed by atoms with E-state index in [-0.39, 0.29) is 0 Å². The summed E-state index contributed by atoms with van der Waals surface area (Å²) in [7, 11) is 0. The summed E-state index contributed by atoms with van der Waals surface area (Å²) in [6.45, 7) is 2.27. The molecule has 3 N–H and O–H groups in total. The maximum absolute atomic E-state index is 10.8. The Morgan fingerprint density at radius 2 is 2.41 bits per heavy atom. The van der Waals surface area contributed by atoms with Crippen LogP contribution in [0.25, 0.3) is 0 Å². The second kappa shape index (κ2) is 5.14. The van der Waals surface area contributed by atoms with Gasteiger partial charge in [0, 0.05) is 11.3 Å². The number of carboxylic acids is 1. The SMILES string of the molecule is CC1CCCC(c2nc(C(N)C(=O)O)cs2)C1. The Labute approximate surface area is 105 Å². The van der Waals surface area contributed by atoms with E-state index in [9.17, 15) is 4.79 Å². The molecule has 1 aliphatic rings. The fraction of sp³-hybridized carbons (Fsp3) is 0.667. The third kappa shape index (κ3) is 2.84. The Kier molecular flexibility index (Phi) is 3.79. The average Bonchev–Trinajstić information content (AvgIpc) is 2.77. The minimum absolute atomic E-state index is 0.496. The molecule has 17 heavy (non-hydrogen) atoms. The van der Waals surface area contributed by atoms with Gasteiger partial charge in [0.25, 0.3) is 0 Å². The zero-order chi connectivity index (χ0) is 12.4. The molecule has 3 unspecified atom stereocenters. The van der Waals surface area contributed by atoms with E-state index >= 15 is 0 Å². The van der Waals surface area contributed by atoms with Gasteiger partial charge in [-0.25, -0.2) is 4.98 Å². The third-order valence-electron chi connectivity index (χ3n) is 3.41. The van der Waals surface area contributed by atoms with E-state index in [0.717, 1.165) is 17.3 Å². The molecule has 0 aromatic carbocycles. The number of hydrogen-bond donors (Lipinski definition) is 2. The second-order valence-corrected chi connectivity index (χ2v) is 5.78. The Bertz CT molecular complexity index is 405. The summed E-state index contributed by atoms with van der Waals surface area (Å²) in [5.74, 6) is 0.228. The van der Waals surface area contributed by atoms with E-state index in [4.69, 9.17) is 10.8 Å². The molecule has 1 saturated carbocycles. The van der Waals surface area contributed by atoms with Crippen molar-refractivity contribution in [2.75, 3.05) is 0 Å². The lowest BCUT2D eigenvalue weighted by Crippen LogP contribution is -2.21. The number of nitrogens with zero attached hydrogens (tertiary/aromatic N) is 1. The van der Waals surface area contributed by atoms with Crippen LogP contribution in [0, 0.1) is 5.92 Å². The number of carbonyl (C=O) groups is 1. The van der Waals surface area contributed by atoms with Crippen molar-refractivity contribution in [3.63, 3.8) is 0 Å². The molecule has 0 aliphatic heterocycles. The first kappa shape index (κ1) is 12.5. The lowest BCUT2D eigenvalue weighted by molar-refractivity contribution is -0.138. The Morgan fingerprint density at radius 3 is 3.06 bits per heavy atom. The zero-order valence-electron chi connectivity index (χ0n) is 9.93. The van der Waals surface area contributed by atoms with Crippen molar-refractivity contribution in [2.24, 2.45) is 11.7 Å². The minimum atomic E-state index is -1.01. The number of aliphatic carboxylic acids is 1. The summed E-state index contributed by atoms with van der Waals surface area (Å²) in [6, 6.07) is -0.985. The molecule has 1 aromatic rings. The highest BCUT2D eigenvalue weighted by Gasteiger charge is 2.25. The molecule has 5 heteroatoms. The summed E-state index contributed by atoms with van der Waals surface area (Å²) in [5, 5.41) is 11.7. The summed E-state index contributed by atoms with van der Waals surface area (Å²) in [4.78, 5) is 15.2. The third-order valence-corrected chi connectivity index (χ3v) is 4.44. The normalized spacial score (nSPS) is 26.7. The van der Waals surface area contributed by atoms with Gasteiger partial charge in [-0.1, -0.05) is 19.8 Å². The van der Waals surface area contributed by atoms with Gasteiger partial charge in [-0.15, -0.1) is 11.3 Å². The standard InChI is InChI=1S/C12H18N2O2S/c1-7-3-2-4-8(5-7)11-14-9(6-17-11)10(13)12(15)16/h6-8,10H,2-5,13H2,1H3,(H,15,16). The number of carboxylic acid groups (broad SMARTS) is 1. The smallest absolute Gasteiger partial charge is 0.326 e. The van der Waals surface area contributed by atoms with Gasteiger partial charge in [0.05, 0.1) is 10.7 Å². The molecule has 0 amide bonds. The molecule has 2 rings (SSSR count). The second-order valence-electron chi connectivity index (χ2n) is 4.90. The van der Waals surface area contributed by atoms with Gasteiger partial charge in [-0.05, 0) is 18.8 Å². The van der Waals surface area contributed by atoms with Gasteiger partial charge >= 0.3 is 5.97 Å². The highest BCUT2D eigenvalue weighted by molar-refractivity contribution is 7.09. The Hall–Kier alpha value is -0.940. The van der Waals surface area contributed by atoms with Gasteiger partial charge < -0.3 is 10.8 Å². The van der Waals surface area contributed by atoms with Crippen molar-refractivity contribution in [3.8, 4) is 0 Å². The molecule has 3 atom stereocenters. The number of thiazole rings is 1. The molecule has 0 bridgehead atoms. The fourth-order valence-corrected chi connectivity index (χ4v) is 3.42. The van der Waals surface area contributed by atoms with Gasteiger partial charge in [-0.3, -0.25) is 4.79 Å². The van der Waals surface area contributed by atoms with Crippen LogP contribution in [0.1, 0.15) is 55.3 Å². The van der Waals surface area contributed by atoms with Crippen molar-refractivity contribution in [2.45, 2.75) is 44.6 Å². The van der Waals surface area contributed by atoms with Gasteiger partial charge in [0.1, 0.15) is 6.04 Å². The number of rotatable bonds is 3. The molecule has 0 radical (unpaired) electrons. The lowest BCUT2D eigenvalue weighted by atomic mass is 9.83. The van der Waals surface area contributed by atoms with Crippen molar-refractivity contribution in [1.82, 2.24) is 4.98 Å². The fourth-order valence-electron chi connectivity index (χ4n) is 2.42. The molecule has 1 heterocycles. The molecule has 4 nitrogen and oxygen atoms in total. The van der Waals surface area contributed by atoms with Crippen LogP contribution in [0.3, 0.4) is 0 Å². The number of nitrogens with two attached hydrogens (primary N) is 1. The largest absolute Gasteiger partial charge is 0.480 e. The molecule has 94 valence electrons. The molecule has 1 fully saturated rings. The highest BCUT2D eigenvalue weighted by atomic mass is 32.1. The summed E-state index contributed by atoms with van der Waals surface area (Å²) >= 11 is 1.55. The van der Waals surface area contributed by atoms with E-state index in [2.05, 4.69) is 11.9 Å². The highest BCUT2D eigenvalue weighted by Crippen LogP contribution is 2.37. The van der Waals surface area contributed by atoms with Crippen molar-refractivity contribution in [1.29, 1.82) is 0 Å². The summed E-state index contributed by atoms with van der Waals surface area (Å²) in [6.07, 6.45) is 4.87. The van der Waals surface area contributed by atoms with Crippen molar-refractivity contribution in [3.05, 3.63) is 16.1 Å². The summed E-state index contributed by atoms with van der Waals surface area (Å²) < 4.78 is 0. The Balaban J connectivity index is 2.09. The maximum Gasteiger partial charge on any atom is 0.326 e. The first-order valence-electron chi connectivity index (χ1n) is 6.01. The summed E-state index contributed by atoms with van der Waals surface area (Å²) in [5.41, 5.74) is 6.05. The van der Waals surface area contributed by atoms with Crippen LogP contribution in [0.4, 0.5) is 0 Å². The topological polar surface area (TPSA) is 76.2 Å². The first-order chi connectivity index (χ1) is 8.08. The molecule has 1 aromatic heterocycles. The van der Waals surface area contributed by atoms with Gasteiger partial charge in [0.2, 0.25) is 0 Å². The van der Waals surface area contributed by atoms with E-state index in [1.807, 2.05) is 0 Å². The van der Waals surface area contributed by atoms with E-state index in [1.165, 1.54) is 19.3 Å². The quantitative estimate of drug-likeness (QED) is 0.869. The van der Waals surface area contributed by atoms with Crippen LogP contribution in [-0.4, -0.2) is 16.1 Å². The van der Waals surface area contributed by atoms with E-state index < -0.39 is 12.0 Å². The predicted molar refractivity (Wildman–Crippen MR) is 67.1 cm³/mol. The van der Waals surface area contributed by atoms with E-state index in [1.54, 1.807) is 16.7 Å². The van der Waals surface area contributed by atoms with Crippen LogP contribution in [0.15, 0.2) is 5.38 Å². The van der Waals surface area contributed by atoms with Crippen LogP contribution in [0.2, 0.25) is 0 Å². The molecule has 1 aliphatic carbocycles.